The summed E-state index contributed by atoms with van der Waals surface area (Å²) in [4.78, 5) is 0. The lowest BCUT2D eigenvalue weighted by Gasteiger charge is -2.03. The van der Waals surface area contributed by atoms with Crippen molar-refractivity contribution < 1.29 is 22.0 Å². The minimum Gasteiger partial charge on any atom is -0.402 e. The van der Waals surface area contributed by atoms with Gasteiger partial charge in [0.25, 0.3) is 0 Å². The average molecular weight is 146 g/mol. The summed E-state index contributed by atoms with van der Waals surface area (Å²) in [5.41, 5.74) is 0. The largest absolute Gasteiger partial charge is 0.514 e. The molecule has 0 atom stereocenters. The van der Waals surface area contributed by atoms with E-state index < -0.39 is 16.4 Å². The first kappa shape index (κ1) is 7.93. The predicted molar refractivity (Wildman–Crippen MR) is 22.7 cm³/mol. The first-order valence-electron chi connectivity index (χ1n) is 1.76. The van der Waals surface area contributed by atoms with Gasteiger partial charge in [-0.05, 0) is 0 Å². The third-order valence-corrected chi connectivity index (χ3v) is 1.02. The average Bonchev–Trinajstić information content (AvgIpc) is 1.59. The Labute approximate surface area is 46.6 Å². The molecule has 0 saturated carbocycles. The van der Waals surface area contributed by atoms with E-state index in [2.05, 4.69) is 8.85 Å². The molecule has 0 rings (SSSR count). The van der Waals surface area contributed by atoms with E-state index in [-0.39, 0.29) is 0 Å². The molecule has 50 valence electrons. The zero-order valence-electron chi connectivity index (χ0n) is 4.16. The number of halogens is 3. The van der Waals surface area contributed by atoms with E-state index in [0.717, 1.165) is 0 Å². The molecule has 0 bridgehead atoms. The topological polar surface area (TPSA) is 18.5 Å². The zero-order valence-corrected chi connectivity index (χ0v) is 5.57. The zero-order chi connectivity index (χ0) is 6.62. The van der Waals surface area contributed by atoms with Crippen molar-refractivity contribution in [2.75, 3.05) is 7.11 Å². The van der Waals surface area contributed by atoms with E-state index in [4.69, 9.17) is 0 Å². The maximum atomic E-state index is 11.0. The van der Waals surface area contributed by atoms with Gasteiger partial charge in [0.2, 0.25) is 0 Å². The second-order valence-corrected chi connectivity index (χ2v) is 2.10. The molecule has 0 aliphatic carbocycles. The molecule has 8 heavy (non-hydrogen) atoms. The number of hydrogen-bond donors (Lipinski definition) is 0. The summed E-state index contributed by atoms with van der Waals surface area (Å²) in [6.07, 6.45) is -4.51. The van der Waals surface area contributed by atoms with Gasteiger partial charge < -0.3 is 8.85 Å². The van der Waals surface area contributed by atoms with Crippen molar-refractivity contribution in [3.05, 3.63) is 0 Å². The highest BCUT2D eigenvalue weighted by Crippen LogP contribution is 2.14. The van der Waals surface area contributed by atoms with Gasteiger partial charge in [0, 0.05) is 7.11 Å². The molecule has 6 heteroatoms. The van der Waals surface area contributed by atoms with E-state index in [0.29, 0.717) is 0 Å². The Morgan fingerprint density at radius 2 is 1.88 bits per heavy atom. The summed E-state index contributed by atoms with van der Waals surface area (Å²) in [6.45, 7) is 0. The Kier molecular flexibility index (Phi) is 3.03. The highest BCUT2D eigenvalue weighted by molar-refractivity contribution is 6.17. The van der Waals surface area contributed by atoms with Crippen molar-refractivity contribution in [1.29, 1.82) is 0 Å². The third kappa shape index (κ3) is 5.93. The first-order valence-corrected chi connectivity index (χ1v) is 2.91. The monoisotopic (exact) mass is 146 g/mol. The fourth-order valence-electron chi connectivity index (χ4n) is 0.126. The van der Waals surface area contributed by atoms with Gasteiger partial charge >= 0.3 is 16.4 Å². The number of rotatable bonds is 2. The van der Waals surface area contributed by atoms with Crippen LogP contribution in [0.4, 0.5) is 13.2 Å². The van der Waals surface area contributed by atoms with Crippen LogP contribution in [-0.4, -0.2) is 23.5 Å². The van der Waals surface area contributed by atoms with Crippen molar-refractivity contribution >= 4 is 10.0 Å². The Hall–Kier alpha value is -0.0731. The van der Waals surface area contributed by atoms with Gasteiger partial charge in [-0.2, -0.15) is 0 Å². The van der Waals surface area contributed by atoms with Gasteiger partial charge in [0.1, 0.15) is 0 Å². The first-order chi connectivity index (χ1) is 3.56. The Morgan fingerprint density at radius 1 is 1.38 bits per heavy atom. The van der Waals surface area contributed by atoms with E-state index in [9.17, 15) is 13.2 Å². The number of hydrogen-bond acceptors (Lipinski definition) is 2. The van der Waals surface area contributed by atoms with Gasteiger partial charge in [-0.3, -0.25) is 0 Å². The van der Waals surface area contributed by atoms with Crippen LogP contribution in [0.3, 0.4) is 0 Å². The molecule has 0 spiro atoms. The van der Waals surface area contributed by atoms with Gasteiger partial charge in [-0.1, -0.05) is 0 Å². The Morgan fingerprint density at radius 3 is 2.00 bits per heavy atom. The lowest BCUT2D eigenvalue weighted by Crippen LogP contribution is -2.17. The lowest BCUT2D eigenvalue weighted by atomic mass is 11.4. The van der Waals surface area contributed by atoms with E-state index in [1.54, 1.807) is 0 Å². The van der Waals surface area contributed by atoms with Crippen LogP contribution in [-0.2, 0) is 8.85 Å². The molecule has 0 aliphatic heterocycles. The van der Waals surface area contributed by atoms with E-state index in [1.165, 1.54) is 7.11 Å². The Balaban J connectivity index is 3.11. The van der Waals surface area contributed by atoms with Crippen molar-refractivity contribution in [2.24, 2.45) is 0 Å². The van der Waals surface area contributed by atoms with Crippen molar-refractivity contribution in [2.45, 2.75) is 6.36 Å². The molecule has 0 amide bonds. The van der Waals surface area contributed by atoms with Crippen LogP contribution in [0.2, 0.25) is 0 Å². The van der Waals surface area contributed by atoms with Crippen LogP contribution in [0.1, 0.15) is 0 Å². The van der Waals surface area contributed by atoms with Crippen molar-refractivity contribution in [1.82, 2.24) is 0 Å². The summed E-state index contributed by atoms with van der Waals surface area (Å²) in [6, 6.07) is 0. The molecular weight excluding hydrogens is 141 g/mol. The molecule has 0 fully saturated rings. The smallest absolute Gasteiger partial charge is 0.402 e. The normalized spacial score (nSPS) is 13.5. The summed E-state index contributed by atoms with van der Waals surface area (Å²) in [5, 5.41) is 0. The minimum atomic E-state index is -4.51. The van der Waals surface area contributed by atoms with Crippen LogP contribution in [0.15, 0.2) is 0 Å². The van der Waals surface area contributed by atoms with Crippen molar-refractivity contribution in [3.8, 4) is 0 Å². The van der Waals surface area contributed by atoms with Gasteiger partial charge in [0.05, 0.1) is 0 Å². The SMILES string of the molecule is CO[SiH2]OC(F)(F)F. The fourth-order valence-corrected chi connectivity index (χ4v) is 0.377. The van der Waals surface area contributed by atoms with E-state index in [1.807, 2.05) is 0 Å². The lowest BCUT2D eigenvalue weighted by molar-refractivity contribution is -0.280. The molecule has 0 saturated heterocycles. The molecule has 2 nitrogen and oxygen atoms in total. The third-order valence-electron chi connectivity index (χ3n) is 0.340. The molecule has 0 aromatic heterocycles. The van der Waals surface area contributed by atoms with Gasteiger partial charge in [-0.15, -0.1) is 13.2 Å². The van der Waals surface area contributed by atoms with Crippen LogP contribution in [0, 0.1) is 0 Å². The fraction of sp³-hybridized carbons (Fsp3) is 1.00. The van der Waals surface area contributed by atoms with Crippen LogP contribution in [0.25, 0.3) is 0 Å². The standard InChI is InChI=1S/C2H5F3O2Si/c1-6-8-7-2(3,4)5/h8H2,1H3. The molecular formula is C2H5F3O2Si. The van der Waals surface area contributed by atoms with Crippen LogP contribution in [0.5, 0.6) is 0 Å². The van der Waals surface area contributed by atoms with Gasteiger partial charge in [-0.25, -0.2) is 0 Å². The summed E-state index contributed by atoms with van der Waals surface area (Å²) in [7, 11) is -0.629. The highest BCUT2D eigenvalue weighted by Gasteiger charge is 2.28. The van der Waals surface area contributed by atoms with Crippen molar-refractivity contribution in [3.63, 3.8) is 0 Å². The molecule has 0 radical (unpaired) electrons. The molecule has 0 aliphatic rings. The summed E-state index contributed by atoms with van der Waals surface area (Å²) < 4.78 is 40.3. The second kappa shape index (κ2) is 3.05. The minimum absolute atomic E-state index is 1.18. The Bertz CT molecular complexity index is 62.8. The van der Waals surface area contributed by atoms with Gasteiger partial charge in [0.15, 0.2) is 0 Å². The highest BCUT2D eigenvalue weighted by atomic mass is 28.3. The second-order valence-electron chi connectivity index (χ2n) is 0.997. The molecule has 0 aromatic rings. The molecule has 0 N–H and O–H groups in total. The molecule has 0 heterocycles. The maximum absolute atomic E-state index is 11.0. The molecule has 0 aromatic carbocycles. The van der Waals surface area contributed by atoms with Crippen LogP contribution >= 0.6 is 0 Å². The van der Waals surface area contributed by atoms with E-state index >= 15 is 0 Å². The van der Waals surface area contributed by atoms with Crippen LogP contribution < -0.4 is 0 Å². The maximum Gasteiger partial charge on any atom is 0.514 e. The quantitative estimate of drug-likeness (QED) is 0.517. The molecule has 0 unspecified atom stereocenters. The predicted octanol–water partition coefficient (Wildman–Crippen LogP) is 0.168. The summed E-state index contributed by atoms with van der Waals surface area (Å²) >= 11 is 0. The summed E-state index contributed by atoms with van der Waals surface area (Å²) in [5.74, 6) is 0. The number of alkyl halides is 3.